The SMILES string of the molecule is CS(=O)(=O)Cc1cc(Cl)nc(-c2cccnc2)n1. The number of nitrogens with zero attached hydrogens (tertiary/aromatic N) is 3. The molecule has 2 heterocycles. The Morgan fingerprint density at radius 3 is 2.72 bits per heavy atom. The number of pyridine rings is 1. The lowest BCUT2D eigenvalue weighted by atomic mass is 10.2. The van der Waals surface area contributed by atoms with Crippen molar-refractivity contribution in [1.29, 1.82) is 0 Å². The lowest BCUT2D eigenvalue weighted by Gasteiger charge is -2.04. The molecule has 0 aliphatic heterocycles. The van der Waals surface area contributed by atoms with E-state index in [0.717, 1.165) is 6.26 Å². The molecular weight excluding hydrogens is 274 g/mol. The number of rotatable bonds is 3. The van der Waals surface area contributed by atoms with E-state index in [4.69, 9.17) is 11.6 Å². The summed E-state index contributed by atoms with van der Waals surface area (Å²) in [5.74, 6) is 0.205. The monoisotopic (exact) mass is 283 g/mol. The first-order valence-corrected chi connectivity index (χ1v) is 7.49. The summed E-state index contributed by atoms with van der Waals surface area (Å²) < 4.78 is 22.5. The van der Waals surface area contributed by atoms with E-state index in [1.54, 1.807) is 24.5 Å². The first-order chi connectivity index (χ1) is 8.44. The highest BCUT2D eigenvalue weighted by atomic mass is 35.5. The minimum atomic E-state index is -3.16. The van der Waals surface area contributed by atoms with Gasteiger partial charge >= 0.3 is 0 Å². The molecule has 0 aromatic carbocycles. The second-order valence-corrected chi connectivity index (χ2v) is 6.34. The van der Waals surface area contributed by atoms with Crippen LogP contribution in [0.3, 0.4) is 0 Å². The summed E-state index contributed by atoms with van der Waals surface area (Å²) in [4.78, 5) is 12.2. The first-order valence-electron chi connectivity index (χ1n) is 5.05. The second kappa shape index (κ2) is 4.99. The average Bonchev–Trinajstić information content (AvgIpc) is 2.27. The van der Waals surface area contributed by atoms with Gasteiger partial charge in [0.05, 0.1) is 11.4 Å². The van der Waals surface area contributed by atoms with Crippen molar-refractivity contribution in [2.24, 2.45) is 0 Å². The van der Waals surface area contributed by atoms with Crippen LogP contribution in [0.1, 0.15) is 5.69 Å². The number of aromatic nitrogens is 3. The zero-order chi connectivity index (χ0) is 13.2. The molecule has 94 valence electrons. The van der Waals surface area contributed by atoms with Gasteiger partial charge in [-0.1, -0.05) is 11.6 Å². The fourth-order valence-electron chi connectivity index (χ4n) is 1.43. The van der Waals surface area contributed by atoms with E-state index in [-0.39, 0.29) is 10.9 Å². The third-order valence-electron chi connectivity index (χ3n) is 2.08. The lowest BCUT2D eigenvalue weighted by Crippen LogP contribution is -2.04. The van der Waals surface area contributed by atoms with Gasteiger partial charge in [0.15, 0.2) is 15.7 Å². The Morgan fingerprint density at radius 1 is 1.33 bits per heavy atom. The van der Waals surface area contributed by atoms with Crippen LogP contribution in [0.5, 0.6) is 0 Å². The lowest BCUT2D eigenvalue weighted by molar-refractivity contribution is 0.600. The molecular formula is C11H10ClN3O2S. The van der Waals surface area contributed by atoms with E-state index >= 15 is 0 Å². The van der Waals surface area contributed by atoms with Gasteiger partial charge in [0.1, 0.15) is 5.15 Å². The van der Waals surface area contributed by atoms with Crippen LogP contribution >= 0.6 is 11.6 Å². The van der Waals surface area contributed by atoms with Crippen molar-refractivity contribution in [3.63, 3.8) is 0 Å². The Balaban J connectivity index is 2.45. The maximum Gasteiger partial charge on any atom is 0.162 e. The average molecular weight is 284 g/mol. The zero-order valence-corrected chi connectivity index (χ0v) is 11.1. The van der Waals surface area contributed by atoms with E-state index in [0.29, 0.717) is 17.1 Å². The standard InChI is InChI=1S/C11H10ClN3O2S/c1-18(16,17)7-9-5-10(12)15-11(14-9)8-3-2-4-13-6-8/h2-6H,7H2,1H3. The van der Waals surface area contributed by atoms with Crippen LogP contribution in [-0.4, -0.2) is 29.6 Å². The molecule has 0 bridgehead atoms. The third-order valence-corrected chi connectivity index (χ3v) is 3.09. The van der Waals surface area contributed by atoms with Crippen LogP contribution in [0, 0.1) is 0 Å². The molecule has 0 N–H and O–H groups in total. The Bertz CT molecular complexity index is 659. The molecule has 7 heteroatoms. The second-order valence-electron chi connectivity index (χ2n) is 3.82. The third kappa shape index (κ3) is 3.48. The molecule has 2 rings (SSSR count). The van der Waals surface area contributed by atoms with Crippen molar-refractivity contribution in [2.45, 2.75) is 5.75 Å². The molecule has 0 atom stereocenters. The van der Waals surface area contributed by atoms with E-state index in [1.807, 2.05) is 0 Å². The summed E-state index contributed by atoms with van der Waals surface area (Å²) >= 11 is 5.86. The van der Waals surface area contributed by atoms with Gasteiger partial charge in [0.25, 0.3) is 0 Å². The largest absolute Gasteiger partial charge is 0.264 e. The maximum atomic E-state index is 11.2. The molecule has 0 radical (unpaired) electrons. The number of sulfone groups is 1. The summed E-state index contributed by atoms with van der Waals surface area (Å²) in [6, 6.07) is 4.97. The molecule has 5 nitrogen and oxygen atoms in total. The van der Waals surface area contributed by atoms with Gasteiger partial charge in [-0.25, -0.2) is 18.4 Å². The van der Waals surface area contributed by atoms with E-state index in [2.05, 4.69) is 15.0 Å². The quantitative estimate of drug-likeness (QED) is 0.802. The van der Waals surface area contributed by atoms with Gasteiger partial charge in [-0.15, -0.1) is 0 Å². The van der Waals surface area contributed by atoms with Gasteiger partial charge in [0, 0.05) is 24.2 Å². The minimum absolute atomic E-state index is 0.164. The molecule has 0 saturated heterocycles. The van der Waals surface area contributed by atoms with Crippen molar-refractivity contribution in [3.8, 4) is 11.4 Å². The molecule has 0 saturated carbocycles. The van der Waals surface area contributed by atoms with Crippen LogP contribution in [0.2, 0.25) is 5.15 Å². The smallest absolute Gasteiger partial charge is 0.162 e. The molecule has 0 spiro atoms. The van der Waals surface area contributed by atoms with Gasteiger partial charge in [-0.05, 0) is 18.2 Å². The normalized spacial score (nSPS) is 11.4. The summed E-state index contributed by atoms with van der Waals surface area (Å²) in [5.41, 5.74) is 1.06. The Morgan fingerprint density at radius 2 is 2.11 bits per heavy atom. The van der Waals surface area contributed by atoms with E-state index < -0.39 is 9.84 Å². The molecule has 2 aromatic heterocycles. The predicted molar refractivity (Wildman–Crippen MR) is 68.8 cm³/mol. The summed E-state index contributed by atoms with van der Waals surface area (Å²) in [6.45, 7) is 0. The van der Waals surface area contributed by atoms with Gasteiger partial charge < -0.3 is 0 Å². The fourth-order valence-corrected chi connectivity index (χ4v) is 2.32. The van der Waals surface area contributed by atoms with Crippen molar-refractivity contribution < 1.29 is 8.42 Å². The van der Waals surface area contributed by atoms with Crippen molar-refractivity contribution in [2.75, 3.05) is 6.26 Å². The van der Waals surface area contributed by atoms with E-state index in [9.17, 15) is 8.42 Å². The van der Waals surface area contributed by atoms with Gasteiger partial charge in [0.2, 0.25) is 0 Å². The van der Waals surface area contributed by atoms with Gasteiger partial charge in [-0.3, -0.25) is 4.98 Å². The molecule has 0 unspecified atom stereocenters. The van der Waals surface area contributed by atoms with Crippen LogP contribution in [-0.2, 0) is 15.6 Å². The Kier molecular flexibility index (Phi) is 3.58. The minimum Gasteiger partial charge on any atom is -0.264 e. The number of hydrogen-bond acceptors (Lipinski definition) is 5. The summed E-state index contributed by atoms with van der Waals surface area (Å²) in [7, 11) is -3.16. The van der Waals surface area contributed by atoms with E-state index in [1.165, 1.54) is 6.07 Å². The molecule has 0 amide bonds. The highest BCUT2D eigenvalue weighted by Crippen LogP contribution is 2.17. The highest BCUT2D eigenvalue weighted by Gasteiger charge is 2.10. The molecule has 18 heavy (non-hydrogen) atoms. The van der Waals surface area contributed by atoms with Crippen LogP contribution in [0.4, 0.5) is 0 Å². The number of halogens is 1. The maximum absolute atomic E-state index is 11.2. The first kappa shape index (κ1) is 12.9. The topological polar surface area (TPSA) is 72.8 Å². The number of hydrogen-bond donors (Lipinski definition) is 0. The van der Waals surface area contributed by atoms with Crippen molar-refractivity contribution >= 4 is 21.4 Å². The van der Waals surface area contributed by atoms with Crippen LogP contribution in [0.15, 0.2) is 30.6 Å². The zero-order valence-electron chi connectivity index (χ0n) is 9.54. The fraction of sp³-hybridized carbons (Fsp3) is 0.182. The van der Waals surface area contributed by atoms with Crippen LogP contribution < -0.4 is 0 Å². The molecule has 0 fully saturated rings. The van der Waals surface area contributed by atoms with Crippen molar-refractivity contribution in [3.05, 3.63) is 41.4 Å². The Hall–Kier alpha value is -1.53. The summed E-state index contributed by atoms with van der Waals surface area (Å²) in [5, 5.41) is 0.211. The molecule has 0 aliphatic carbocycles. The van der Waals surface area contributed by atoms with Crippen molar-refractivity contribution in [1.82, 2.24) is 15.0 Å². The Labute approximate surface area is 110 Å². The predicted octanol–water partition coefficient (Wildman–Crippen LogP) is 1.74. The molecule has 2 aromatic rings. The molecule has 0 aliphatic rings. The summed E-state index contributed by atoms with van der Waals surface area (Å²) in [6.07, 6.45) is 4.37. The van der Waals surface area contributed by atoms with Crippen LogP contribution in [0.25, 0.3) is 11.4 Å². The van der Waals surface area contributed by atoms with Gasteiger partial charge in [-0.2, -0.15) is 0 Å². The highest BCUT2D eigenvalue weighted by molar-refractivity contribution is 7.89.